The molecule has 0 aliphatic rings. The second-order valence-corrected chi connectivity index (χ2v) is 0.558. The maximum Gasteiger partial charge on any atom is 0.0426 e. The average Bonchev–Trinajstić information content (AvgIpc) is 1.37. The Balaban J connectivity index is -0.0000000150. The standard InChI is InChI=1S/C2H8N2.3CH4/c1-4-2-3;;;/h4H,2-3H2,1H3;3*1H4. The lowest BCUT2D eigenvalue weighted by Gasteiger charge is -1.77. The van der Waals surface area contributed by atoms with Gasteiger partial charge in [0.05, 0.1) is 0 Å². The summed E-state index contributed by atoms with van der Waals surface area (Å²) >= 11 is 0. The van der Waals surface area contributed by atoms with Crippen molar-refractivity contribution >= 4 is 0 Å². The van der Waals surface area contributed by atoms with E-state index in [4.69, 9.17) is 5.73 Å². The molecule has 0 aliphatic carbocycles. The van der Waals surface area contributed by atoms with E-state index < -0.39 is 0 Å². The van der Waals surface area contributed by atoms with Crippen molar-refractivity contribution in [3.8, 4) is 0 Å². The summed E-state index contributed by atoms with van der Waals surface area (Å²) in [5, 5.41) is 2.71. The Bertz CT molecular complexity index is 8.04. The van der Waals surface area contributed by atoms with E-state index in [-0.39, 0.29) is 22.3 Å². The molecule has 0 atom stereocenters. The fourth-order valence-corrected chi connectivity index (χ4v) is 0. The molecule has 0 radical (unpaired) electrons. The lowest BCUT2D eigenvalue weighted by atomic mass is 11.1. The van der Waals surface area contributed by atoms with E-state index >= 15 is 0 Å². The van der Waals surface area contributed by atoms with Crippen LogP contribution in [0.1, 0.15) is 22.3 Å². The van der Waals surface area contributed by atoms with Crippen molar-refractivity contribution in [2.45, 2.75) is 22.3 Å². The SMILES string of the molecule is C.C.C.CNCN. The van der Waals surface area contributed by atoms with Gasteiger partial charge in [0, 0.05) is 6.67 Å². The van der Waals surface area contributed by atoms with E-state index in [2.05, 4.69) is 5.32 Å². The summed E-state index contributed by atoms with van der Waals surface area (Å²) in [6.45, 7) is 0.569. The summed E-state index contributed by atoms with van der Waals surface area (Å²) in [5.74, 6) is 0. The lowest BCUT2D eigenvalue weighted by molar-refractivity contribution is 0.833. The van der Waals surface area contributed by atoms with E-state index in [1.165, 1.54) is 0 Å². The first-order valence-electron chi connectivity index (χ1n) is 1.26. The summed E-state index contributed by atoms with van der Waals surface area (Å²) in [7, 11) is 1.81. The molecule has 3 N–H and O–H groups in total. The van der Waals surface area contributed by atoms with Crippen LogP contribution in [-0.2, 0) is 0 Å². The first kappa shape index (κ1) is 28.4. The summed E-state index contributed by atoms with van der Waals surface area (Å²) in [4.78, 5) is 0. The monoisotopic (exact) mass is 108 g/mol. The van der Waals surface area contributed by atoms with Gasteiger partial charge in [-0.05, 0) is 7.05 Å². The van der Waals surface area contributed by atoms with Crippen LogP contribution in [0, 0.1) is 0 Å². The largest absolute Gasteiger partial charge is 0.319 e. The molecule has 2 heteroatoms. The van der Waals surface area contributed by atoms with Gasteiger partial charge in [-0.2, -0.15) is 0 Å². The molecule has 0 spiro atoms. The van der Waals surface area contributed by atoms with Gasteiger partial charge < -0.3 is 11.1 Å². The molecule has 0 fully saturated rings. The van der Waals surface area contributed by atoms with Gasteiger partial charge in [0.25, 0.3) is 0 Å². The molecule has 0 heterocycles. The molecule has 0 aromatic carbocycles. The average molecular weight is 108 g/mol. The highest BCUT2D eigenvalue weighted by Gasteiger charge is 1.49. The lowest BCUT2D eigenvalue weighted by Crippen LogP contribution is -2.15. The van der Waals surface area contributed by atoms with Crippen LogP contribution in [0.5, 0.6) is 0 Å². The van der Waals surface area contributed by atoms with E-state index in [1.54, 1.807) is 7.05 Å². The maximum absolute atomic E-state index is 4.92. The number of nitrogens with two attached hydrogens (primary N) is 1. The fraction of sp³-hybridized carbons (Fsp3) is 1.00. The van der Waals surface area contributed by atoms with Crippen LogP contribution in [-0.4, -0.2) is 13.7 Å². The minimum Gasteiger partial charge on any atom is -0.319 e. The molecule has 2 nitrogen and oxygen atoms in total. The molecular formula is C5H20N2. The van der Waals surface area contributed by atoms with Crippen molar-refractivity contribution in [3.63, 3.8) is 0 Å². The minimum absolute atomic E-state index is 0. The topological polar surface area (TPSA) is 38.0 Å². The smallest absolute Gasteiger partial charge is 0.0426 e. The molecule has 0 aromatic rings. The first-order chi connectivity index (χ1) is 1.91. The molecule has 0 aliphatic heterocycles. The third-order valence-corrected chi connectivity index (χ3v) is 0.204. The summed E-state index contributed by atoms with van der Waals surface area (Å²) in [6.07, 6.45) is 0. The van der Waals surface area contributed by atoms with Gasteiger partial charge in [0.1, 0.15) is 0 Å². The number of hydrogen-bond acceptors (Lipinski definition) is 2. The predicted molar refractivity (Wildman–Crippen MR) is 38.3 cm³/mol. The van der Waals surface area contributed by atoms with Gasteiger partial charge in [-0.25, -0.2) is 0 Å². The first-order valence-corrected chi connectivity index (χ1v) is 1.26. The van der Waals surface area contributed by atoms with Crippen LogP contribution in [0.15, 0.2) is 0 Å². The molecule has 50 valence electrons. The maximum atomic E-state index is 4.92. The molecule has 0 saturated carbocycles. The van der Waals surface area contributed by atoms with Gasteiger partial charge in [-0.15, -0.1) is 0 Å². The number of nitrogens with one attached hydrogen (secondary N) is 1. The Morgan fingerprint density at radius 1 is 1.29 bits per heavy atom. The summed E-state index contributed by atoms with van der Waals surface area (Å²) in [6, 6.07) is 0. The fourth-order valence-electron chi connectivity index (χ4n) is 0. The van der Waals surface area contributed by atoms with Crippen LogP contribution in [0.2, 0.25) is 0 Å². The van der Waals surface area contributed by atoms with Crippen LogP contribution >= 0.6 is 0 Å². The predicted octanol–water partition coefficient (Wildman–Crippen LogP) is 1.03. The minimum atomic E-state index is 0. The molecule has 7 heavy (non-hydrogen) atoms. The molecule has 0 saturated heterocycles. The van der Waals surface area contributed by atoms with Crippen molar-refractivity contribution in [2.24, 2.45) is 5.73 Å². The quantitative estimate of drug-likeness (QED) is 0.492. The van der Waals surface area contributed by atoms with Gasteiger partial charge in [-0.3, -0.25) is 0 Å². The Labute approximate surface area is 48.1 Å². The molecule has 0 aromatic heterocycles. The van der Waals surface area contributed by atoms with Crippen LogP contribution in [0.3, 0.4) is 0 Å². The molecule has 0 rings (SSSR count). The third kappa shape index (κ3) is 107. The molecule has 0 bridgehead atoms. The molecule has 0 amide bonds. The highest BCUT2D eigenvalue weighted by molar-refractivity contribution is 4.12. The second-order valence-electron chi connectivity index (χ2n) is 0.558. The zero-order valence-electron chi connectivity index (χ0n) is 2.78. The van der Waals surface area contributed by atoms with Gasteiger partial charge in [0.15, 0.2) is 0 Å². The Hall–Kier alpha value is -0.0800. The summed E-state index contributed by atoms with van der Waals surface area (Å²) < 4.78 is 0. The van der Waals surface area contributed by atoms with Crippen molar-refractivity contribution in [2.75, 3.05) is 13.7 Å². The van der Waals surface area contributed by atoms with E-state index in [0.717, 1.165) is 0 Å². The Kier molecular flexibility index (Phi) is 158. The zero-order chi connectivity index (χ0) is 3.41. The van der Waals surface area contributed by atoms with Crippen LogP contribution in [0.25, 0.3) is 0 Å². The van der Waals surface area contributed by atoms with E-state index in [9.17, 15) is 0 Å². The number of hydrogen-bond donors (Lipinski definition) is 2. The van der Waals surface area contributed by atoms with Crippen molar-refractivity contribution in [1.82, 2.24) is 5.32 Å². The Morgan fingerprint density at radius 3 is 1.43 bits per heavy atom. The highest BCUT2D eigenvalue weighted by atomic mass is 14.9. The van der Waals surface area contributed by atoms with Gasteiger partial charge in [-0.1, -0.05) is 22.3 Å². The summed E-state index contributed by atoms with van der Waals surface area (Å²) in [5.41, 5.74) is 4.92. The van der Waals surface area contributed by atoms with Crippen molar-refractivity contribution in [1.29, 1.82) is 0 Å². The normalized spacial score (nSPS) is 4.29. The highest BCUT2D eigenvalue weighted by Crippen LogP contribution is 1.15. The van der Waals surface area contributed by atoms with Crippen molar-refractivity contribution < 1.29 is 0 Å². The molecular weight excluding hydrogens is 88.1 g/mol. The zero-order valence-corrected chi connectivity index (χ0v) is 2.78. The number of rotatable bonds is 1. The third-order valence-electron chi connectivity index (χ3n) is 0.204. The van der Waals surface area contributed by atoms with Gasteiger partial charge in [0.2, 0.25) is 0 Å². The van der Waals surface area contributed by atoms with E-state index in [1.807, 2.05) is 0 Å². The Morgan fingerprint density at radius 2 is 1.43 bits per heavy atom. The second kappa shape index (κ2) is 38.9. The molecule has 0 unspecified atom stereocenters. The van der Waals surface area contributed by atoms with Crippen LogP contribution < -0.4 is 11.1 Å². The van der Waals surface area contributed by atoms with Crippen molar-refractivity contribution in [3.05, 3.63) is 0 Å². The van der Waals surface area contributed by atoms with E-state index in [0.29, 0.717) is 6.67 Å². The van der Waals surface area contributed by atoms with Gasteiger partial charge >= 0.3 is 0 Å². The van der Waals surface area contributed by atoms with Crippen LogP contribution in [0.4, 0.5) is 0 Å².